The summed E-state index contributed by atoms with van der Waals surface area (Å²) in [7, 11) is -0.217. The fraction of sp³-hybridized carbons (Fsp3) is 0.0909. The molecule has 1 heterocycles. The largest absolute Gasteiger partial charge is 0.357 e. The van der Waals surface area contributed by atoms with E-state index in [4.69, 9.17) is 0 Å². The molecule has 0 N–H and O–H groups in total. The molecular weight excluding hydrogens is 326 g/mol. The molecular formula is C22H19NOS. The molecule has 0 spiro atoms. The van der Waals surface area contributed by atoms with Crippen LogP contribution < -0.4 is 4.90 Å². The minimum absolute atomic E-state index is 0.100. The maximum atomic E-state index is 12.7. The standard InChI is InChI=1S/C22H19NOS/c1-2-14-23-16-25(15-20(24)18-9-4-3-5-10-18)21-13-12-17-8-6-7-11-19(17)22(21)23/h2-13,15H,1,14,16H2. The van der Waals surface area contributed by atoms with E-state index in [1.807, 2.05) is 41.8 Å². The predicted octanol–water partition coefficient (Wildman–Crippen LogP) is 5.12. The van der Waals surface area contributed by atoms with Crippen molar-refractivity contribution in [1.82, 2.24) is 0 Å². The van der Waals surface area contributed by atoms with E-state index in [0.29, 0.717) is 0 Å². The highest BCUT2D eigenvalue weighted by Gasteiger charge is 2.24. The molecule has 0 aromatic heterocycles. The molecule has 0 radical (unpaired) electrons. The summed E-state index contributed by atoms with van der Waals surface area (Å²) in [4.78, 5) is 16.2. The van der Waals surface area contributed by atoms with Crippen molar-refractivity contribution in [2.45, 2.75) is 4.90 Å². The first-order valence-electron chi connectivity index (χ1n) is 8.29. The van der Waals surface area contributed by atoms with Crippen LogP contribution in [-0.2, 0) is 0 Å². The van der Waals surface area contributed by atoms with Gasteiger partial charge in [0, 0.05) is 27.8 Å². The van der Waals surface area contributed by atoms with Gasteiger partial charge in [0.1, 0.15) is 0 Å². The van der Waals surface area contributed by atoms with E-state index in [9.17, 15) is 4.79 Å². The summed E-state index contributed by atoms with van der Waals surface area (Å²) in [6.45, 7) is 4.68. The van der Waals surface area contributed by atoms with Crippen molar-refractivity contribution in [3.8, 4) is 0 Å². The second-order valence-electron chi connectivity index (χ2n) is 6.05. The lowest BCUT2D eigenvalue weighted by molar-refractivity contribution is 0.107. The van der Waals surface area contributed by atoms with E-state index in [0.717, 1.165) is 18.0 Å². The van der Waals surface area contributed by atoms with Gasteiger partial charge < -0.3 is 4.90 Å². The highest BCUT2D eigenvalue weighted by molar-refractivity contribution is 8.16. The maximum Gasteiger partial charge on any atom is 0.191 e. The maximum absolute atomic E-state index is 12.7. The fourth-order valence-corrected chi connectivity index (χ4v) is 5.31. The molecule has 0 aliphatic carbocycles. The van der Waals surface area contributed by atoms with E-state index in [-0.39, 0.29) is 16.3 Å². The highest BCUT2D eigenvalue weighted by Crippen LogP contribution is 2.47. The summed E-state index contributed by atoms with van der Waals surface area (Å²) in [6, 6.07) is 22.3. The van der Waals surface area contributed by atoms with Crippen LogP contribution in [0.5, 0.6) is 0 Å². The van der Waals surface area contributed by atoms with Gasteiger partial charge in [0.05, 0.1) is 11.6 Å². The molecule has 2 nitrogen and oxygen atoms in total. The summed E-state index contributed by atoms with van der Waals surface area (Å²) < 4.78 is 0. The zero-order valence-electron chi connectivity index (χ0n) is 13.9. The first-order valence-corrected chi connectivity index (χ1v) is 9.75. The van der Waals surface area contributed by atoms with Crippen molar-refractivity contribution in [3.05, 3.63) is 84.9 Å². The lowest BCUT2D eigenvalue weighted by atomic mass is 10.1. The van der Waals surface area contributed by atoms with Gasteiger partial charge in [-0.05, 0) is 11.5 Å². The lowest BCUT2D eigenvalue weighted by Gasteiger charge is -2.18. The van der Waals surface area contributed by atoms with Gasteiger partial charge in [-0.1, -0.05) is 66.7 Å². The number of rotatable bonds is 4. The molecule has 3 aromatic carbocycles. The summed E-state index contributed by atoms with van der Waals surface area (Å²) in [5, 5.41) is 4.37. The SMILES string of the molecule is C=CCN1CS(=CC(=O)c2ccccc2)c2ccc3ccccc3c21. The molecule has 0 saturated carbocycles. The molecule has 3 aromatic rings. The Morgan fingerprint density at radius 1 is 1.04 bits per heavy atom. The molecule has 1 aliphatic heterocycles. The zero-order valence-corrected chi connectivity index (χ0v) is 14.7. The summed E-state index contributed by atoms with van der Waals surface area (Å²) in [5.41, 5.74) is 2.00. The second-order valence-corrected chi connectivity index (χ2v) is 7.84. The van der Waals surface area contributed by atoms with Crippen molar-refractivity contribution in [2.75, 3.05) is 17.3 Å². The van der Waals surface area contributed by atoms with Gasteiger partial charge in [-0.25, -0.2) is 0 Å². The minimum Gasteiger partial charge on any atom is -0.357 e. The third-order valence-electron chi connectivity index (χ3n) is 4.41. The fourth-order valence-electron chi connectivity index (χ4n) is 3.28. The predicted molar refractivity (Wildman–Crippen MR) is 109 cm³/mol. The average Bonchev–Trinajstić information content (AvgIpc) is 3.00. The second kappa shape index (κ2) is 6.69. The number of Topliss-reactive ketones (excluding diaryl/α,β-unsaturated/α-hetero) is 1. The molecule has 0 fully saturated rings. The minimum atomic E-state index is -0.217. The Morgan fingerprint density at radius 2 is 1.80 bits per heavy atom. The molecule has 1 aliphatic rings. The van der Waals surface area contributed by atoms with E-state index in [2.05, 4.69) is 47.9 Å². The smallest absolute Gasteiger partial charge is 0.191 e. The first-order chi connectivity index (χ1) is 12.3. The third-order valence-corrected chi connectivity index (χ3v) is 6.40. The van der Waals surface area contributed by atoms with Crippen molar-refractivity contribution < 1.29 is 4.79 Å². The average molecular weight is 345 g/mol. The van der Waals surface area contributed by atoms with Crippen molar-refractivity contribution in [3.63, 3.8) is 0 Å². The van der Waals surface area contributed by atoms with Crippen LogP contribution in [0.25, 0.3) is 10.8 Å². The number of carbonyl (C=O) groups is 1. The topological polar surface area (TPSA) is 20.3 Å². The van der Waals surface area contributed by atoms with Crippen LogP contribution in [0.1, 0.15) is 10.4 Å². The lowest BCUT2D eigenvalue weighted by Crippen LogP contribution is -2.19. The molecule has 0 bridgehead atoms. The van der Waals surface area contributed by atoms with Gasteiger partial charge >= 0.3 is 0 Å². The Labute approximate surface area is 150 Å². The normalized spacial score (nSPS) is 16.2. The van der Waals surface area contributed by atoms with Crippen LogP contribution in [0.15, 0.2) is 84.3 Å². The Bertz CT molecular complexity index is 991. The van der Waals surface area contributed by atoms with Gasteiger partial charge in [-0.15, -0.1) is 17.1 Å². The van der Waals surface area contributed by atoms with E-state index < -0.39 is 0 Å². The van der Waals surface area contributed by atoms with E-state index >= 15 is 0 Å². The van der Waals surface area contributed by atoms with Gasteiger partial charge in [0.15, 0.2) is 5.78 Å². The number of ketones is 1. The number of carbonyl (C=O) groups excluding carboxylic acids is 1. The van der Waals surface area contributed by atoms with Crippen LogP contribution in [0.4, 0.5) is 5.69 Å². The van der Waals surface area contributed by atoms with Gasteiger partial charge in [-0.3, -0.25) is 4.79 Å². The van der Waals surface area contributed by atoms with E-state index in [1.54, 1.807) is 0 Å². The Kier molecular flexibility index (Phi) is 4.24. The molecule has 1 unspecified atom stereocenters. The van der Waals surface area contributed by atoms with Crippen LogP contribution in [0.3, 0.4) is 0 Å². The molecule has 1 atom stereocenters. The number of fused-ring (bicyclic) bond motifs is 3. The summed E-state index contributed by atoms with van der Waals surface area (Å²) in [5.74, 6) is 0.942. The van der Waals surface area contributed by atoms with Gasteiger partial charge in [-0.2, -0.15) is 0 Å². The van der Waals surface area contributed by atoms with Gasteiger partial charge in [0.25, 0.3) is 0 Å². The highest BCUT2D eigenvalue weighted by atomic mass is 32.2. The Morgan fingerprint density at radius 3 is 2.60 bits per heavy atom. The zero-order chi connectivity index (χ0) is 17.2. The summed E-state index contributed by atoms with van der Waals surface area (Å²) in [6.07, 6.45) is 1.93. The van der Waals surface area contributed by atoms with E-state index in [1.165, 1.54) is 21.4 Å². The molecule has 0 saturated heterocycles. The van der Waals surface area contributed by atoms with Crippen LogP contribution >= 0.6 is 10.5 Å². The number of anilines is 1. The molecule has 124 valence electrons. The number of benzene rings is 3. The number of hydrogen-bond donors (Lipinski definition) is 0. The molecule has 3 heteroatoms. The molecule has 4 rings (SSSR count). The third kappa shape index (κ3) is 2.92. The Balaban J connectivity index is 1.83. The van der Waals surface area contributed by atoms with Crippen molar-refractivity contribution in [1.29, 1.82) is 0 Å². The van der Waals surface area contributed by atoms with Crippen molar-refractivity contribution >= 4 is 38.1 Å². The summed E-state index contributed by atoms with van der Waals surface area (Å²) >= 11 is 0. The number of hydrogen-bond acceptors (Lipinski definition) is 2. The monoisotopic (exact) mass is 345 g/mol. The van der Waals surface area contributed by atoms with Crippen LogP contribution in [0, 0.1) is 0 Å². The quantitative estimate of drug-likeness (QED) is 0.372. The molecule has 25 heavy (non-hydrogen) atoms. The van der Waals surface area contributed by atoms with Crippen LogP contribution in [0.2, 0.25) is 0 Å². The van der Waals surface area contributed by atoms with Crippen LogP contribution in [-0.4, -0.2) is 23.6 Å². The first kappa shape index (κ1) is 15.9. The van der Waals surface area contributed by atoms with Gasteiger partial charge in [0.2, 0.25) is 0 Å². The Hall–Kier alpha value is -2.65. The number of nitrogens with zero attached hydrogens (tertiary/aromatic N) is 1. The molecule has 0 amide bonds. The van der Waals surface area contributed by atoms with Crippen molar-refractivity contribution in [2.24, 2.45) is 0 Å².